The van der Waals surface area contributed by atoms with Gasteiger partial charge in [0.2, 0.25) is 0 Å². The van der Waals surface area contributed by atoms with Gasteiger partial charge in [-0.1, -0.05) is 60.7 Å². The van der Waals surface area contributed by atoms with Crippen molar-refractivity contribution in [2.75, 3.05) is 13.2 Å². The Labute approximate surface area is 136 Å². The zero-order chi connectivity index (χ0) is 16.5. The van der Waals surface area contributed by atoms with E-state index in [9.17, 15) is 4.57 Å². The number of rotatable bonds is 8. The third-order valence-corrected chi connectivity index (χ3v) is 4.52. The molecule has 2 aromatic rings. The lowest BCUT2D eigenvalue weighted by Crippen LogP contribution is -2.14. The molecule has 122 valence electrons. The normalized spacial score (nSPS) is 11.0. The fourth-order valence-corrected chi connectivity index (χ4v) is 3.13. The molecule has 0 amide bonds. The van der Waals surface area contributed by atoms with Gasteiger partial charge in [-0.2, -0.15) is 5.10 Å². The minimum absolute atomic E-state index is 0.270. The number of hydrogen-bond acceptors (Lipinski definition) is 4. The van der Waals surface area contributed by atoms with Crippen LogP contribution < -0.4 is 5.20 Å². The molecule has 6 heteroatoms. The summed E-state index contributed by atoms with van der Waals surface area (Å²) in [7, 11) is -3.45. The van der Waals surface area contributed by atoms with E-state index in [4.69, 9.17) is 9.05 Å². The second-order valence-corrected chi connectivity index (χ2v) is 6.34. The number of nitrogens with one attached hydrogen (secondary N) is 1. The molecule has 0 fully saturated rings. The maximum atomic E-state index is 12.5. The first-order chi connectivity index (χ1) is 11.2. The van der Waals surface area contributed by atoms with Crippen molar-refractivity contribution in [3.63, 3.8) is 0 Å². The first kappa shape index (κ1) is 17.4. The molecule has 2 rings (SSSR count). The second-order valence-electron chi connectivity index (χ2n) is 4.63. The van der Waals surface area contributed by atoms with E-state index in [1.54, 1.807) is 13.8 Å². The molecule has 5 nitrogen and oxygen atoms in total. The van der Waals surface area contributed by atoms with Gasteiger partial charge in [-0.3, -0.25) is 9.05 Å². The predicted molar refractivity (Wildman–Crippen MR) is 92.5 cm³/mol. The van der Waals surface area contributed by atoms with Gasteiger partial charge in [-0.05, 0) is 13.8 Å². The minimum atomic E-state index is -3.45. The van der Waals surface area contributed by atoms with E-state index in [2.05, 4.69) is 10.3 Å². The fourth-order valence-electron chi connectivity index (χ4n) is 2.03. The summed E-state index contributed by atoms with van der Waals surface area (Å²) in [6.07, 6.45) is 0. The molecule has 0 aliphatic heterocycles. The summed E-state index contributed by atoms with van der Waals surface area (Å²) in [6.45, 7) is 4.05. The third kappa shape index (κ3) is 5.03. The van der Waals surface area contributed by atoms with Crippen LogP contribution in [-0.2, 0) is 13.6 Å². The summed E-state index contributed by atoms with van der Waals surface area (Å²) < 4.78 is 22.9. The molecule has 0 atom stereocenters. The van der Waals surface area contributed by atoms with Crippen LogP contribution in [0.5, 0.6) is 0 Å². The van der Waals surface area contributed by atoms with Gasteiger partial charge in [0.15, 0.2) is 0 Å². The molecular weight excluding hydrogens is 311 g/mol. The summed E-state index contributed by atoms with van der Waals surface area (Å²) >= 11 is 0. The molecule has 0 unspecified atom stereocenters. The fraction of sp³-hybridized carbons (Fsp3) is 0.235. The first-order valence-electron chi connectivity index (χ1n) is 7.53. The van der Waals surface area contributed by atoms with Gasteiger partial charge in [0, 0.05) is 11.1 Å². The number of benzene rings is 2. The third-order valence-electron chi connectivity index (χ3n) is 2.98. The van der Waals surface area contributed by atoms with Gasteiger partial charge in [0.25, 0.3) is 0 Å². The Bertz CT molecular complexity index is 623. The van der Waals surface area contributed by atoms with E-state index in [0.29, 0.717) is 5.71 Å². The van der Waals surface area contributed by atoms with Crippen LogP contribution in [0, 0.1) is 0 Å². The Kier molecular flexibility index (Phi) is 6.53. The Hall–Kier alpha value is -1.94. The van der Waals surface area contributed by atoms with Crippen LogP contribution in [0.25, 0.3) is 0 Å². The molecule has 0 aliphatic carbocycles. The maximum Gasteiger partial charge on any atom is 0.448 e. The Balaban J connectivity index is 2.36. The molecular formula is C17H21N2O3P. The van der Waals surface area contributed by atoms with Crippen molar-refractivity contribution in [2.24, 2.45) is 5.10 Å². The Morgan fingerprint density at radius 3 is 1.74 bits per heavy atom. The lowest BCUT2D eigenvalue weighted by Gasteiger charge is -2.16. The van der Waals surface area contributed by atoms with Gasteiger partial charge in [-0.15, -0.1) is 0 Å². The van der Waals surface area contributed by atoms with Crippen molar-refractivity contribution in [1.29, 1.82) is 0 Å². The van der Waals surface area contributed by atoms with E-state index in [1.165, 1.54) is 0 Å². The zero-order valence-corrected chi connectivity index (χ0v) is 14.2. The summed E-state index contributed by atoms with van der Waals surface area (Å²) in [6, 6.07) is 19.4. The van der Waals surface area contributed by atoms with Crippen molar-refractivity contribution < 1.29 is 13.6 Å². The molecule has 0 spiro atoms. The van der Waals surface area contributed by atoms with E-state index < -0.39 is 7.75 Å². The van der Waals surface area contributed by atoms with Crippen LogP contribution >= 0.6 is 7.75 Å². The van der Waals surface area contributed by atoms with Gasteiger partial charge in [0.05, 0.1) is 18.9 Å². The molecule has 0 heterocycles. The van der Waals surface area contributed by atoms with E-state index in [0.717, 1.165) is 11.1 Å². The monoisotopic (exact) mass is 332 g/mol. The van der Waals surface area contributed by atoms with Gasteiger partial charge >= 0.3 is 7.75 Å². The maximum absolute atomic E-state index is 12.5. The second kappa shape index (κ2) is 8.63. The van der Waals surface area contributed by atoms with Crippen LogP contribution in [0.4, 0.5) is 0 Å². The van der Waals surface area contributed by atoms with Crippen molar-refractivity contribution in [3.05, 3.63) is 71.8 Å². The highest BCUT2D eigenvalue weighted by atomic mass is 31.2. The lowest BCUT2D eigenvalue weighted by atomic mass is 10.0. The number of hydrogen-bond donors (Lipinski definition) is 1. The smallest absolute Gasteiger partial charge is 0.292 e. The van der Waals surface area contributed by atoms with Crippen LogP contribution in [0.2, 0.25) is 0 Å². The zero-order valence-electron chi connectivity index (χ0n) is 13.3. The van der Waals surface area contributed by atoms with E-state index in [1.807, 2.05) is 60.7 Å². The highest BCUT2D eigenvalue weighted by Gasteiger charge is 2.23. The summed E-state index contributed by atoms with van der Waals surface area (Å²) in [5, 5.41) is 6.92. The average Bonchev–Trinajstić information content (AvgIpc) is 2.57. The van der Waals surface area contributed by atoms with Gasteiger partial charge in [0.1, 0.15) is 0 Å². The molecule has 0 aliphatic rings. The Morgan fingerprint density at radius 2 is 1.35 bits per heavy atom. The van der Waals surface area contributed by atoms with Crippen molar-refractivity contribution in [1.82, 2.24) is 5.20 Å². The SMILES string of the molecule is CCOP(=O)(NN=C(c1ccccc1)c1ccccc1)OCC. The van der Waals surface area contributed by atoms with Crippen molar-refractivity contribution >= 4 is 13.5 Å². The predicted octanol–water partition coefficient (Wildman–Crippen LogP) is 4.21. The van der Waals surface area contributed by atoms with Crippen molar-refractivity contribution in [3.8, 4) is 0 Å². The van der Waals surface area contributed by atoms with E-state index >= 15 is 0 Å². The topological polar surface area (TPSA) is 59.9 Å². The summed E-state index contributed by atoms with van der Waals surface area (Å²) in [5.74, 6) is 0. The molecule has 0 radical (unpaired) electrons. The largest absolute Gasteiger partial charge is 0.448 e. The molecule has 0 bridgehead atoms. The molecule has 23 heavy (non-hydrogen) atoms. The van der Waals surface area contributed by atoms with Gasteiger partial charge in [-0.25, -0.2) is 9.76 Å². The standard InChI is InChI=1S/C17H21N2O3P/c1-3-21-23(20,22-4-2)19-18-17(15-11-7-5-8-12-15)16-13-9-6-10-14-16/h5-14H,3-4H2,1-2H3,(H,19,20). The van der Waals surface area contributed by atoms with Crippen LogP contribution in [0.1, 0.15) is 25.0 Å². The van der Waals surface area contributed by atoms with Crippen LogP contribution in [0.3, 0.4) is 0 Å². The summed E-state index contributed by atoms with van der Waals surface area (Å²) in [4.78, 5) is 0. The minimum Gasteiger partial charge on any atom is -0.292 e. The summed E-state index contributed by atoms with van der Waals surface area (Å²) in [5.41, 5.74) is 2.49. The van der Waals surface area contributed by atoms with Crippen molar-refractivity contribution in [2.45, 2.75) is 13.8 Å². The molecule has 0 aromatic heterocycles. The highest BCUT2D eigenvalue weighted by Crippen LogP contribution is 2.43. The number of nitrogens with zero attached hydrogens (tertiary/aromatic N) is 1. The lowest BCUT2D eigenvalue weighted by molar-refractivity contribution is 0.211. The van der Waals surface area contributed by atoms with Gasteiger partial charge < -0.3 is 0 Å². The number of hydrazone groups is 1. The average molecular weight is 332 g/mol. The Morgan fingerprint density at radius 1 is 0.913 bits per heavy atom. The quantitative estimate of drug-likeness (QED) is 0.447. The van der Waals surface area contributed by atoms with Crippen LogP contribution in [0.15, 0.2) is 65.8 Å². The van der Waals surface area contributed by atoms with Crippen LogP contribution in [-0.4, -0.2) is 18.9 Å². The molecule has 2 aromatic carbocycles. The molecule has 0 saturated heterocycles. The highest BCUT2D eigenvalue weighted by molar-refractivity contribution is 7.51. The molecule has 0 saturated carbocycles. The first-order valence-corrected chi connectivity index (χ1v) is 9.07. The molecule has 1 N–H and O–H groups in total. The van der Waals surface area contributed by atoms with E-state index in [-0.39, 0.29) is 13.2 Å².